The van der Waals surface area contributed by atoms with Crippen molar-refractivity contribution in [2.24, 2.45) is 5.92 Å². The molecule has 0 N–H and O–H groups in total. The van der Waals surface area contributed by atoms with Gasteiger partial charge in [0, 0.05) is 12.8 Å². The zero-order valence-corrected chi connectivity index (χ0v) is 10.1. The van der Waals surface area contributed by atoms with E-state index in [-0.39, 0.29) is 0 Å². The maximum atomic E-state index is 11.4. The molecule has 0 aromatic heterocycles. The highest BCUT2D eigenvalue weighted by Gasteiger charge is 2.02. The van der Waals surface area contributed by atoms with Crippen LogP contribution in [0.15, 0.2) is 36.4 Å². The van der Waals surface area contributed by atoms with Gasteiger partial charge in [-0.25, -0.2) is 0 Å². The van der Waals surface area contributed by atoms with Crippen LogP contribution in [0.4, 0.5) is 0 Å². The van der Waals surface area contributed by atoms with Crippen LogP contribution in [0, 0.1) is 5.92 Å². The van der Waals surface area contributed by atoms with Crippen molar-refractivity contribution in [2.45, 2.75) is 33.1 Å². The lowest BCUT2D eigenvalue weighted by Crippen LogP contribution is -2.01. The van der Waals surface area contributed by atoms with E-state index in [1.807, 2.05) is 18.2 Å². The zero-order chi connectivity index (χ0) is 11.8. The summed E-state index contributed by atoms with van der Waals surface area (Å²) >= 11 is 0. The summed E-state index contributed by atoms with van der Waals surface area (Å²) < 4.78 is 0. The number of ketones is 1. The lowest BCUT2D eigenvalue weighted by molar-refractivity contribution is -0.119. The molecule has 0 aliphatic rings. The molecule has 0 atom stereocenters. The number of allylic oxidation sites excluding steroid dienone is 1. The number of carbonyl (C=O) groups is 1. The Hall–Kier alpha value is -1.37. The molecule has 0 heterocycles. The van der Waals surface area contributed by atoms with E-state index in [0.29, 0.717) is 24.5 Å². The number of hydrogen-bond donors (Lipinski definition) is 0. The van der Waals surface area contributed by atoms with Gasteiger partial charge >= 0.3 is 0 Å². The van der Waals surface area contributed by atoms with Crippen molar-refractivity contribution in [1.82, 2.24) is 0 Å². The molecule has 0 unspecified atom stereocenters. The van der Waals surface area contributed by atoms with Crippen molar-refractivity contribution in [3.05, 3.63) is 42.0 Å². The van der Waals surface area contributed by atoms with Crippen molar-refractivity contribution in [1.29, 1.82) is 0 Å². The molecule has 0 amide bonds. The first kappa shape index (κ1) is 12.7. The van der Waals surface area contributed by atoms with Gasteiger partial charge in [-0.1, -0.05) is 56.3 Å². The third kappa shape index (κ3) is 5.50. The molecular weight excluding hydrogens is 196 g/mol. The van der Waals surface area contributed by atoms with E-state index in [0.717, 1.165) is 6.42 Å². The summed E-state index contributed by atoms with van der Waals surface area (Å²) in [6.45, 7) is 4.16. The van der Waals surface area contributed by atoms with Gasteiger partial charge in [-0.2, -0.15) is 0 Å². The average molecular weight is 216 g/mol. The largest absolute Gasteiger partial charge is 0.300 e. The van der Waals surface area contributed by atoms with Gasteiger partial charge in [0.1, 0.15) is 5.78 Å². The van der Waals surface area contributed by atoms with Crippen molar-refractivity contribution in [2.75, 3.05) is 0 Å². The zero-order valence-electron chi connectivity index (χ0n) is 10.1. The summed E-state index contributed by atoms with van der Waals surface area (Å²) in [6, 6.07) is 10.2. The van der Waals surface area contributed by atoms with Gasteiger partial charge in [-0.05, 0) is 17.9 Å². The molecule has 0 aliphatic heterocycles. The smallest absolute Gasteiger partial charge is 0.133 e. The van der Waals surface area contributed by atoms with Gasteiger partial charge in [0.25, 0.3) is 0 Å². The van der Waals surface area contributed by atoms with Crippen LogP contribution in [0.2, 0.25) is 0 Å². The molecule has 86 valence electrons. The van der Waals surface area contributed by atoms with Crippen LogP contribution >= 0.6 is 0 Å². The maximum Gasteiger partial charge on any atom is 0.133 e. The Bertz CT molecular complexity index is 336. The molecule has 0 saturated heterocycles. The summed E-state index contributed by atoms with van der Waals surface area (Å²) in [5, 5.41) is 0. The number of hydrogen-bond acceptors (Lipinski definition) is 1. The number of rotatable bonds is 6. The molecule has 1 heteroatoms. The number of benzene rings is 1. The first-order valence-electron chi connectivity index (χ1n) is 5.92. The first-order chi connectivity index (χ1) is 7.68. The van der Waals surface area contributed by atoms with Crippen LogP contribution in [0.1, 0.15) is 38.7 Å². The third-order valence-electron chi connectivity index (χ3n) is 2.34. The monoisotopic (exact) mass is 216 g/mol. The van der Waals surface area contributed by atoms with Gasteiger partial charge in [-0.3, -0.25) is 4.79 Å². The van der Waals surface area contributed by atoms with Crippen LogP contribution in [0.3, 0.4) is 0 Å². The quantitative estimate of drug-likeness (QED) is 0.699. The van der Waals surface area contributed by atoms with Gasteiger partial charge in [-0.15, -0.1) is 0 Å². The van der Waals surface area contributed by atoms with Crippen LogP contribution in [0.25, 0.3) is 6.08 Å². The highest BCUT2D eigenvalue weighted by Crippen LogP contribution is 2.07. The highest BCUT2D eigenvalue weighted by atomic mass is 16.1. The summed E-state index contributed by atoms with van der Waals surface area (Å²) in [6.07, 6.45) is 6.37. The van der Waals surface area contributed by atoms with Crippen LogP contribution < -0.4 is 0 Å². The molecule has 0 bridgehead atoms. The van der Waals surface area contributed by atoms with E-state index in [4.69, 9.17) is 0 Å². The second-order valence-corrected chi connectivity index (χ2v) is 4.49. The van der Waals surface area contributed by atoms with E-state index >= 15 is 0 Å². The summed E-state index contributed by atoms with van der Waals surface area (Å²) in [4.78, 5) is 11.4. The van der Waals surface area contributed by atoms with Crippen molar-refractivity contribution in [3.8, 4) is 0 Å². The summed E-state index contributed by atoms with van der Waals surface area (Å²) in [7, 11) is 0. The molecule has 1 rings (SSSR count). The number of carbonyl (C=O) groups excluding carboxylic acids is 1. The topological polar surface area (TPSA) is 17.1 Å². The summed E-state index contributed by atoms with van der Waals surface area (Å²) in [5.74, 6) is 0.846. The molecule has 16 heavy (non-hydrogen) atoms. The Morgan fingerprint density at radius 1 is 1.25 bits per heavy atom. The lowest BCUT2D eigenvalue weighted by atomic mass is 10.0. The van der Waals surface area contributed by atoms with E-state index in [1.165, 1.54) is 5.56 Å². The molecule has 0 aliphatic carbocycles. The van der Waals surface area contributed by atoms with Gasteiger partial charge in [0.05, 0.1) is 0 Å². The highest BCUT2D eigenvalue weighted by molar-refractivity contribution is 5.78. The minimum Gasteiger partial charge on any atom is -0.300 e. The second-order valence-electron chi connectivity index (χ2n) is 4.49. The SMILES string of the molecule is CC(C)CC(=O)CC/C=C/c1ccccc1. The fraction of sp³-hybridized carbons (Fsp3) is 0.400. The van der Waals surface area contributed by atoms with E-state index in [2.05, 4.69) is 38.1 Å². The molecule has 1 aromatic carbocycles. The first-order valence-corrected chi connectivity index (χ1v) is 5.92. The minimum absolute atomic E-state index is 0.368. The molecule has 0 radical (unpaired) electrons. The normalized spacial score (nSPS) is 11.2. The van der Waals surface area contributed by atoms with Gasteiger partial charge in [0.2, 0.25) is 0 Å². The fourth-order valence-electron chi connectivity index (χ4n) is 1.59. The Morgan fingerprint density at radius 2 is 1.94 bits per heavy atom. The van der Waals surface area contributed by atoms with Crippen molar-refractivity contribution in [3.63, 3.8) is 0 Å². The average Bonchev–Trinajstić information content (AvgIpc) is 2.25. The van der Waals surface area contributed by atoms with Gasteiger partial charge < -0.3 is 0 Å². The summed E-state index contributed by atoms with van der Waals surface area (Å²) in [5.41, 5.74) is 1.19. The lowest BCUT2D eigenvalue weighted by Gasteiger charge is -2.01. The Morgan fingerprint density at radius 3 is 2.56 bits per heavy atom. The second kappa shape index (κ2) is 7.00. The maximum absolute atomic E-state index is 11.4. The standard InChI is InChI=1S/C15H20O/c1-13(2)12-15(16)11-7-6-10-14-8-4-3-5-9-14/h3-6,8-10,13H,7,11-12H2,1-2H3/b10-6+. The van der Waals surface area contributed by atoms with Crippen molar-refractivity contribution < 1.29 is 4.79 Å². The minimum atomic E-state index is 0.368. The molecule has 0 fully saturated rings. The van der Waals surface area contributed by atoms with E-state index in [9.17, 15) is 4.79 Å². The van der Waals surface area contributed by atoms with Gasteiger partial charge in [0.15, 0.2) is 0 Å². The fourth-order valence-corrected chi connectivity index (χ4v) is 1.59. The molecule has 1 nitrogen and oxygen atoms in total. The Kier molecular flexibility index (Phi) is 5.55. The number of Topliss-reactive ketones (excluding diaryl/α,β-unsaturated/α-hetero) is 1. The third-order valence-corrected chi connectivity index (χ3v) is 2.34. The molecule has 0 saturated carbocycles. The Labute approximate surface area is 98.2 Å². The predicted molar refractivity (Wildman–Crippen MR) is 69.2 cm³/mol. The molecule has 1 aromatic rings. The van der Waals surface area contributed by atoms with Crippen LogP contribution in [-0.4, -0.2) is 5.78 Å². The van der Waals surface area contributed by atoms with E-state index in [1.54, 1.807) is 0 Å². The predicted octanol–water partition coefficient (Wildman–Crippen LogP) is 4.10. The van der Waals surface area contributed by atoms with Crippen molar-refractivity contribution >= 4 is 11.9 Å². The van der Waals surface area contributed by atoms with E-state index < -0.39 is 0 Å². The van der Waals surface area contributed by atoms with Crippen LogP contribution in [0.5, 0.6) is 0 Å². The van der Waals surface area contributed by atoms with Crippen LogP contribution in [-0.2, 0) is 4.79 Å². The molecular formula is C15H20O. The molecule has 0 spiro atoms. The Balaban J connectivity index is 2.25.